The Morgan fingerprint density at radius 1 is 0.966 bits per heavy atom. The third-order valence-corrected chi connectivity index (χ3v) is 4.43. The lowest BCUT2D eigenvalue weighted by Crippen LogP contribution is -2.13. The first-order valence-corrected chi connectivity index (χ1v) is 9.69. The van der Waals surface area contributed by atoms with Crippen molar-refractivity contribution in [3.63, 3.8) is 0 Å². The van der Waals surface area contributed by atoms with Gasteiger partial charge in [-0.3, -0.25) is 4.57 Å². The molecule has 0 spiro atoms. The van der Waals surface area contributed by atoms with E-state index < -0.39 is 0 Å². The predicted molar refractivity (Wildman–Crippen MR) is 116 cm³/mol. The van der Waals surface area contributed by atoms with Gasteiger partial charge in [0.25, 0.3) is 0 Å². The van der Waals surface area contributed by atoms with E-state index in [9.17, 15) is 0 Å². The van der Waals surface area contributed by atoms with Crippen molar-refractivity contribution >= 4 is 28.6 Å². The molecule has 2 heterocycles. The summed E-state index contributed by atoms with van der Waals surface area (Å²) >= 11 is 0. The summed E-state index contributed by atoms with van der Waals surface area (Å²) in [6.45, 7) is 5.35. The summed E-state index contributed by atoms with van der Waals surface area (Å²) in [5.41, 5.74) is 2.50. The largest absolute Gasteiger partial charge is 0.492 e. The Kier molecular flexibility index (Phi) is 5.56. The van der Waals surface area contributed by atoms with Crippen molar-refractivity contribution in [2.75, 3.05) is 23.8 Å². The second-order valence-corrected chi connectivity index (χ2v) is 6.87. The van der Waals surface area contributed by atoms with Crippen LogP contribution in [0.3, 0.4) is 0 Å². The molecule has 4 aromatic rings. The SMILES string of the molecule is CC(C)n1c(Nc2ccccc2)nc2c(NCCOc3ccccc3)ncnc21. The predicted octanol–water partition coefficient (Wildman–Crippen LogP) is 4.64. The Balaban J connectivity index is 1.54. The van der Waals surface area contributed by atoms with E-state index in [0.717, 1.165) is 28.5 Å². The zero-order valence-corrected chi connectivity index (χ0v) is 16.5. The van der Waals surface area contributed by atoms with E-state index in [1.807, 2.05) is 60.7 Å². The van der Waals surface area contributed by atoms with Crippen molar-refractivity contribution in [1.29, 1.82) is 0 Å². The van der Waals surface area contributed by atoms with Crippen molar-refractivity contribution in [3.8, 4) is 5.75 Å². The molecule has 0 aliphatic rings. The summed E-state index contributed by atoms with van der Waals surface area (Å²) in [5.74, 6) is 2.29. The molecule has 0 fully saturated rings. The molecule has 7 heteroatoms. The van der Waals surface area contributed by atoms with E-state index in [0.29, 0.717) is 19.0 Å². The highest BCUT2D eigenvalue weighted by Crippen LogP contribution is 2.28. The molecule has 2 N–H and O–H groups in total. The minimum absolute atomic E-state index is 0.190. The number of aromatic nitrogens is 4. The van der Waals surface area contributed by atoms with Crippen LogP contribution >= 0.6 is 0 Å². The first-order chi connectivity index (χ1) is 14.2. The molecule has 0 aliphatic heterocycles. The smallest absolute Gasteiger partial charge is 0.210 e. The Morgan fingerprint density at radius 3 is 2.41 bits per heavy atom. The summed E-state index contributed by atoms with van der Waals surface area (Å²) in [6, 6.07) is 19.9. The summed E-state index contributed by atoms with van der Waals surface area (Å²) in [5, 5.41) is 6.71. The average Bonchev–Trinajstić information content (AvgIpc) is 3.11. The quantitative estimate of drug-likeness (QED) is 0.428. The molecule has 148 valence electrons. The Bertz CT molecular complexity index is 1060. The third-order valence-electron chi connectivity index (χ3n) is 4.43. The van der Waals surface area contributed by atoms with Crippen LogP contribution < -0.4 is 15.4 Å². The molecule has 2 aromatic heterocycles. The standard InChI is InChI=1S/C22H24N6O/c1-16(2)28-21-19(27-22(28)26-17-9-5-3-6-10-17)20(24-15-25-21)23-13-14-29-18-11-7-4-8-12-18/h3-12,15-16H,13-14H2,1-2H3,(H,26,27)(H,23,24,25). The maximum absolute atomic E-state index is 5.74. The number of nitrogens with one attached hydrogen (secondary N) is 2. The van der Waals surface area contributed by atoms with Crippen molar-refractivity contribution in [2.24, 2.45) is 0 Å². The Morgan fingerprint density at radius 2 is 1.69 bits per heavy atom. The van der Waals surface area contributed by atoms with E-state index in [1.165, 1.54) is 0 Å². The van der Waals surface area contributed by atoms with Crippen LogP contribution in [-0.4, -0.2) is 32.7 Å². The fraction of sp³-hybridized carbons (Fsp3) is 0.227. The topological polar surface area (TPSA) is 76.9 Å². The van der Waals surface area contributed by atoms with Crippen molar-refractivity contribution < 1.29 is 4.74 Å². The van der Waals surface area contributed by atoms with Crippen LogP contribution in [0.25, 0.3) is 11.2 Å². The number of anilines is 3. The molecule has 0 bridgehead atoms. The monoisotopic (exact) mass is 388 g/mol. The lowest BCUT2D eigenvalue weighted by molar-refractivity contribution is 0.333. The van der Waals surface area contributed by atoms with E-state index >= 15 is 0 Å². The molecule has 7 nitrogen and oxygen atoms in total. The maximum atomic E-state index is 5.74. The fourth-order valence-electron chi connectivity index (χ4n) is 3.12. The van der Waals surface area contributed by atoms with Crippen LogP contribution in [0.1, 0.15) is 19.9 Å². The van der Waals surface area contributed by atoms with Crippen LogP contribution in [0.4, 0.5) is 17.5 Å². The van der Waals surface area contributed by atoms with E-state index in [1.54, 1.807) is 6.33 Å². The molecule has 29 heavy (non-hydrogen) atoms. The third kappa shape index (κ3) is 4.29. The minimum Gasteiger partial charge on any atom is -0.492 e. The highest BCUT2D eigenvalue weighted by atomic mass is 16.5. The minimum atomic E-state index is 0.190. The van der Waals surface area contributed by atoms with Crippen molar-refractivity contribution in [1.82, 2.24) is 19.5 Å². The zero-order valence-electron chi connectivity index (χ0n) is 16.5. The van der Waals surface area contributed by atoms with Gasteiger partial charge in [0.1, 0.15) is 18.7 Å². The van der Waals surface area contributed by atoms with Crippen LogP contribution in [0.5, 0.6) is 5.75 Å². The molecule has 0 unspecified atom stereocenters. The van der Waals surface area contributed by atoms with Crippen LogP contribution in [0.15, 0.2) is 67.0 Å². The van der Waals surface area contributed by atoms with Gasteiger partial charge in [-0.15, -0.1) is 0 Å². The number of nitrogens with zero attached hydrogens (tertiary/aromatic N) is 4. The lowest BCUT2D eigenvalue weighted by Gasteiger charge is -2.13. The molecule has 2 aromatic carbocycles. The highest BCUT2D eigenvalue weighted by Gasteiger charge is 2.18. The molecule has 0 amide bonds. The maximum Gasteiger partial charge on any atom is 0.210 e. The summed E-state index contributed by atoms with van der Waals surface area (Å²) in [7, 11) is 0. The Labute approximate surface area is 169 Å². The van der Waals surface area contributed by atoms with Gasteiger partial charge in [-0.2, -0.15) is 0 Å². The van der Waals surface area contributed by atoms with Gasteiger partial charge in [0.05, 0.1) is 6.54 Å². The number of imidazole rings is 1. The van der Waals surface area contributed by atoms with Gasteiger partial charge in [0.15, 0.2) is 17.0 Å². The van der Waals surface area contributed by atoms with Gasteiger partial charge in [-0.05, 0) is 38.1 Å². The van der Waals surface area contributed by atoms with Gasteiger partial charge in [0, 0.05) is 11.7 Å². The number of ether oxygens (including phenoxy) is 1. The molecule has 0 saturated carbocycles. The van der Waals surface area contributed by atoms with Crippen LogP contribution in [-0.2, 0) is 0 Å². The van der Waals surface area contributed by atoms with Gasteiger partial charge in [-0.1, -0.05) is 36.4 Å². The highest BCUT2D eigenvalue weighted by molar-refractivity contribution is 5.86. The second kappa shape index (κ2) is 8.60. The Hall–Kier alpha value is -3.61. The van der Waals surface area contributed by atoms with E-state index in [4.69, 9.17) is 9.72 Å². The lowest BCUT2D eigenvalue weighted by atomic mass is 10.3. The van der Waals surface area contributed by atoms with Gasteiger partial charge in [-0.25, -0.2) is 15.0 Å². The molecule has 0 aliphatic carbocycles. The van der Waals surface area contributed by atoms with Gasteiger partial charge >= 0.3 is 0 Å². The van der Waals surface area contributed by atoms with E-state index in [2.05, 4.69) is 39.0 Å². The first-order valence-electron chi connectivity index (χ1n) is 9.69. The van der Waals surface area contributed by atoms with Gasteiger partial charge < -0.3 is 15.4 Å². The molecular formula is C22H24N6O. The molecule has 0 radical (unpaired) electrons. The van der Waals surface area contributed by atoms with Crippen LogP contribution in [0.2, 0.25) is 0 Å². The zero-order chi connectivity index (χ0) is 20.1. The summed E-state index contributed by atoms with van der Waals surface area (Å²) in [4.78, 5) is 13.7. The molecule has 0 atom stereocenters. The van der Waals surface area contributed by atoms with Crippen LogP contribution in [0, 0.1) is 0 Å². The number of fused-ring (bicyclic) bond motifs is 1. The normalized spacial score (nSPS) is 11.0. The summed E-state index contributed by atoms with van der Waals surface area (Å²) < 4.78 is 7.82. The molecule has 0 saturated heterocycles. The van der Waals surface area contributed by atoms with Crippen molar-refractivity contribution in [2.45, 2.75) is 19.9 Å². The molecule has 4 rings (SSSR count). The number of hydrogen-bond donors (Lipinski definition) is 2. The number of para-hydroxylation sites is 2. The number of rotatable bonds is 8. The van der Waals surface area contributed by atoms with E-state index in [-0.39, 0.29) is 6.04 Å². The average molecular weight is 388 g/mol. The van der Waals surface area contributed by atoms with Crippen molar-refractivity contribution in [3.05, 3.63) is 67.0 Å². The molecular weight excluding hydrogens is 364 g/mol. The second-order valence-electron chi connectivity index (χ2n) is 6.87. The van der Waals surface area contributed by atoms with Gasteiger partial charge in [0.2, 0.25) is 5.95 Å². The summed E-state index contributed by atoms with van der Waals surface area (Å²) in [6.07, 6.45) is 1.57. The fourth-order valence-corrected chi connectivity index (χ4v) is 3.12. The first kappa shape index (κ1) is 18.7. The number of hydrogen-bond acceptors (Lipinski definition) is 6. The number of benzene rings is 2.